The van der Waals surface area contributed by atoms with Crippen molar-refractivity contribution in [3.63, 3.8) is 0 Å². The number of alkyl halides is 3. The SMILES string of the molecule is Cc1c(F)ccc(NC(=O)c2cc(S(=O)(=O)NC(C)C(F)(F)F)cn2C)c1F. The maximum absolute atomic E-state index is 14.0. The molecular formula is C16H16F5N3O3S. The minimum absolute atomic E-state index is 0.263. The first-order valence-electron chi connectivity index (χ1n) is 7.75. The van der Waals surface area contributed by atoms with E-state index in [2.05, 4.69) is 5.32 Å². The van der Waals surface area contributed by atoms with Gasteiger partial charge in [-0.05, 0) is 32.0 Å². The summed E-state index contributed by atoms with van der Waals surface area (Å²) in [5.74, 6) is -2.75. The van der Waals surface area contributed by atoms with Crippen LogP contribution in [0.2, 0.25) is 0 Å². The molecule has 0 bridgehead atoms. The molecule has 1 unspecified atom stereocenters. The first-order valence-corrected chi connectivity index (χ1v) is 9.23. The first-order chi connectivity index (χ1) is 12.7. The van der Waals surface area contributed by atoms with Crippen molar-refractivity contribution in [3.05, 3.63) is 47.3 Å². The fourth-order valence-electron chi connectivity index (χ4n) is 2.22. The number of aromatic nitrogens is 1. The van der Waals surface area contributed by atoms with Crippen LogP contribution < -0.4 is 10.0 Å². The van der Waals surface area contributed by atoms with E-state index in [1.807, 2.05) is 0 Å². The van der Waals surface area contributed by atoms with Crippen LogP contribution in [0.25, 0.3) is 0 Å². The molecule has 28 heavy (non-hydrogen) atoms. The molecule has 1 aromatic heterocycles. The van der Waals surface area contributed by atoms with Crippen molar-refractivity contribution in [1.29, 1.82) is 0 Å². The van der Waals surface area contributed by atoms with Crippen LogP contribution >= 0.6 is 0 Å². The average Bonchev–Trinajstić information content (AvgIpc) is 2.97. The number of amides is 1. The molecule has 12 heteroatoms. The number of halogens is 5. The molecule has 0 saturated heterocycles. The number of nitrogens with one attached hydrogen (secondary N) is 2. The fourth-order valence-corrected chi connectivity index (χ4v) is 3.52. The highest BCUT2D eigenvalue weighted by molar-refractivity contribution is 7.89. The number of aryl methyl sites for hydroxylation is 1. The number of carbonyl (C=O) groups is 1. The van der Waals surface area contributed by atoms with E-state index in [0.29, 0.717) is 6.92 Å². The summed E-state index contributed by atoms with van der Waals surface area (Å²) < 4.78 is 91.8. The minimum atomic E-state index is -4.79. The van der Waals surface area contributed by atoms with Gasteiger partial charge in [-0.25, -0.2) is 17.2 Å². The number of rotatable bonds is 5. The number of sulfonamides is 1. The van der Waals surface area contributed by atoms with E-state index in [9.17, 15) is 35.2 Å². The van der Waals surface area contributed by atoms with Crippen LogP contribution in [0.15, 0.2) is 29.3 Å². The van der Waals surface area contributed by atoms with Gasteiger partial charge in [-0.3, -0.25) is 4.79 Å². The van der Waals surface area contributed by atoms with Crippen LogP contribution in [-0.2, 0) is 17.1 Å². The molecule has 1 amide bonds. The maximum Gasteiger partial charge on any atom is 0.404 e. The quantitative estimate of drug-likeness (QED) is 0.723. The highest BCUT2D eigenvalue weighted by Crippen LogP contribution is 2.24. The Hall–Kier alpha value is -2.47. The third kappa shape index (κ3) is 4.50. The van der Waals surface area contributed by atoms with Crippen molar-refractivity contribution in [2.24, 2.45) is 7.05 Å². The van der Waals surface area contributed by atoms with E-state index < -0.39 is 44.7 Å². The van der Waals surface area contributed by atoms with E-state index in [-0.39, 0.29) is 16.9 Å². The van der Waals surface area contributed by atoms with Gasteiger partial charge in [0.2, 0.25) is 10.0 Å². The maximum atomic E-state index is 14.0. The summed E-state index contributed by atoms with van der Waals surface area (Å²) in [6, 6.07) is 0.432. The minimum Gasteiger partial charge on any atom is -0.345 e. The van der Waals surface area contributed by atoms with Crippen LogP contribution in [0.1, 0.15) is 23.0 Å². The summed E-state index contributed by atoms with van der Waals surface area (Å²) in [6.07, 6.45) is -3.85. The molecule has 1 heterocycles. The lowest BCUT2D eigenvalue weighted by atomic mass is 10.2. The molecule has 6 nitrogen and oxygen atoms in total. The predicted molar refractivity (Wildman–Crippen MR) is 90.3 cm³/mol. The zero-order valence-electron chi connectivity index (χ0n) is 14.9. The first kappa shape index (κ1) is 21.8. The molecule has 2 rings (SSSR count). The Morgan fingerprint density at radius 3 is 2.39 bits per heavy atom. The number of benzene rings is 1. The highest BCUT2D eigenvalue weighted by atomic mass is 32.2. The zero-order valence-corrected chi connectivity index (χ0v) is 15.7. The molecule has 154 valence electrons. The molecule has 0 radical (unpaired) electrons. The Bertz CT molecular complexity index is 1020. The molecule has 1 aromatic carbocycles. The number of anilines is 1. The van der Waals surface area contributed by atoms with Gasteiger partial charge in [0.05, 0.1) is 5.69 Å². The predicted octanol–water partition coefficient (Wildman–Crippen LogP) is 3.09. The average molecular weight is 425 g/mol. The molecule has 2 aromatic rings. The van der Waals surface area contributed by atoms with Crippen molar-refractivity contribution < 1.29 is 35.2 Å². The number of hydrogen-bond donors (Lipinski definition) is 2. The highest BCUT2D eigenvalue weighted by Gasteiger charge is 2.39. The van der Waals surface area contributed by atoms with Crippen molar-refractivity contribution in [2.75, 3.05) is 5.32 Å². The van der Waals surface area contributed by atoms with Gasteiger partial charge in [0.1, 0.15) is 22.4 Å². The molecule has 1 atom stereocenters. The summed E-state index contributed by atoms with van der Waals surface area (Å²) in [5, 5.41) is 2.17. The second-order valence-corrected chi connectivity index (χ2v) is 7.76. The smallest absolute Gasteiger partial charge is 0.345 e. The zero-order chi connectivity index (χ0) is 21.4. The normalized spacial score (nSPS) is 13.4. The summed E-state index contributed by atoms with van der Waals surface area (Å²) in [6.45, 7) is 1.80. The standard InChI is InChI=1S/C16H16F5N3O3S/c1-8-11(17)4-5-12(14(8)18)22-15(25)13-6-10(7-24(13)3)28(26,27)23-9(2)16(19,20)21/h4-7,9,23H,1-3H3,(H,22,25). The van der Waals surface area contributed by atoms with Gasteiger partial charge in [-0.2, -0.15) is 17.9 Å². The van der Waals surface area contributed by atoms with Gasteiger partial charge >= 0.3 is 6.18 Å². The topological polar surface area (TPSA) is 80.2 Å². The molecule has 0 aliphatic heterocycles. The van der Waals surface area contributed by atoms with Gasteiger partial charge in [-0.1, -0.05) is 0 Å². The van der Waals surface area contributed by atoms with Gasteiger partial charge in [-0.15, -0.1) is 0 Å². The summed E-state index contributed by atoms with van der Waals surface area (Å²) in [4.78, 5) is 11.7. The molecule has 0 spiro atoms. The van der Waals surface area contributed by atoms with Gasteiger partial charge in [0.15, 0.2) is 5.82 Å². The number of carbonyl (C=O) groups excluding carboxylic acids is 1. The lowest BCUT2D eigenvalue weighted by molar-refractivity contribution is -0.147. The van der Waals surface area contributed by atoms with E-state index in [1.165, 1.54) is 18.7 Å². The van der Waals surface area contributed by atoms with Gasteiger partial charge in [0, 0.05) is 18.8 Å². The Balaban J connectivity index is 2.29. The second-order valence-electron chi connectivity index (χ2n) is 6.04. The summed E-state index contributed by atoms with van der Waals surface area (Å²) in [5.41, 5.74) is -0.918. The molecular weight excluding hydrogens is 409 g/mol. The summed E-state index contributed by atoms with van der Waals surface area (Å²) in [7, 11) is -3.28. The van der Waals surface area contributed by atoms with Gasteiger partial charge in [0.25, 0.3) is 5.91 Å². The fraction of sp³-hybridized carbons (Fsp3) is 0.312. The number of nitrogens with zero attached hydrogens (tertiary/aromatic N) is 1. The molecule has 0 aliphatic rings. The van der Waals surface area contributed by atoms with Crippen LogP contribution in [0.4, 0.5) is 27.6 Å². The van der Waals surface area contributed by atoms with Crippen molar-refractivity contribution in [1.82, 2.24) is 9.29 Å². The van der Waals surface area contributed by atoms with Crippen LogP contribution in [-0.4, -0.2) is 31.1 Å². The monoisotopic (exact) mass is 425 g/mol. The van der Waals surface area contributed by atoms with Crippen LogP contribution in [0.5, 0.6) is 0 Å². The molecule has 0 fully saturated rings. The Morgan fingerprint density at radius 1 is 1.21 bits per heavy atom. The Morgan fingerprint density at radius 2 is 1.82 bits per heavy atom. The molecule has 0 saturated carbocycles. The van der Waals surface area contributed by atoms with Crippen molar-refractivity contribution in [2.45, 2.75) is 31.0 Å². The summed E-state index contributed by atoms with van der Waals surface area (Å²) >= 11 is 0. The molecule has 2 N–H and O–H groups in total. The lowest BCUT2D eigenvalue weighted by Crippen LogP contribution is -2.42. The van der Waals surface area contributed by atoms with E-state index in [1.54, 1.807) is 0 Å². The Kier molecular flexibility index (Phi) is 5.85. The lowest BCUT2D eigenvalue weighted by Gasteiger charge is -2.16. The third-order valence-electron chi connectivity index (χ3n) is 3.91. The van der Waals surface area contributed by atoms with E-state index >= 15 is 0 Å². The Labute approximate surface area is 157 Å². The molecule has 0 aliphatic carbocycles. The van der Waals surface area contributed by atoms with Gasteiger partial charge < -0.3 is 9.88 Å². The third-order valence-corrected chi connectivity index (χ3v) is 5.42. The largest absolute Gasteiger partial charge is 0.404 e. The van der Waals surface area contributed by atoms with Crippen molar-refractivity contribution in [3.8, 4) is 0 Å². The van der Waals surface area contributed by atoms with Crippen LogP contribution in [0, 0.1) is 18.6 Å². The number of hydrogen-bond acceptors (Lipinski definition) is 3. The second kappa shape index (κ2) is 7.51. The van der Waals surface area contributed by atoms with Crippen molar-refractivity contribution >= 4 is 21.6 Å². The van der Waals surface area contributed by atoms with E-state index in [0.717, 1.165) is 29.0 Å². The van der Waals surface area contributed by atoms with Crippen LogP contribution in [0.3, 0.4) is 0 Å². The van der Waals surface area contributed by atoms with E-state index in [4.69, 9.17) is 0 Å².